The molecule has 0 amide bonds. The highest BCUT2D eigenvalue weighted by Crippen LogP contribution is 2.42. The van der Waals surface area contributed by atoms with Crippen LogP contribution < -0.4 is 0 Å². The molecular weight excluding hydrogens is 311 g/mol. The van der Waals surface area contributed by atoms with E-state index in [-0.39, 0.29) is 16.4 Å². The highest BCUT2D eigenvalue weighted by Gasteiger charge is 2.32. The summed E-state index contributed by atoms with van der Waals surface area (Å²) in [7, 11) is -1.15. The molecule has 1 aliphatic rings. The van der Waals surface area contributed by atoms with Crippen molar-refractivity contribution in [2.45, 2.75) is 11.9 Å². The van der Waals surface area contributed by atoms with Gasteiger partial charge < -0.3 is 0 Å². The van der Waals surface area contributed by atoms with Gasteiger partial charge in [-0.1, -0.05) is 30.3 Å². The summed E-state index contributed by atoms with van der Waals surface area (Å²) >= 11 is 0. The van der Waals surface area contributed by atoms with Gasteiger partial charge in [0.2, 0.25) is 5.12 Å². The number of halogens is 3. The van der Waals surface area contributed by atoms with E-state index in [1.165, 1.54) is 11.6 Å². The van der Waals surface area contributed by atoms with Gasteiger partial charge in [0.1, 0.15) is 0 Å². The minimum atomic E-state index is -4.43. The Kier molecular flexibility index (Phi) is 3.78. The van der Waals surface area contributed by atoms with E-state index in [1.54, 1.807) is 0 Å². The molecule has 1 atom stereocenters. The molecule has 2 aromatic rings. The molecule has 1 heterocycles. The number of carbonyl (C=O) groups is 1. The van der Waals surface area contributed by atoms with E-state index in [4.69, 9.17) is 0 Å². The fraction of sp³-hybridized carbons (Fsp3) is 0.125. The quantitative estimate of drug-likeness (QED) is 0.796. The van der Waals surface area contributed by atoms with Crippen molar-refractivity contribution in [3.8, 4) is 0 Å². The van der Waals surface area contributed by atoms with Crippen LogP contribution in [0.4, 0.5) is 18.9 Å². The van der Waals surface area contributed by atoms with Gasteiger partial charge in [-0.15, -0.1) is 10.9 Å². The van der Waals surface area contributed by atoms with Crippen LogP contribution >= 0.6 is 10.9 Å². The van der Waals surface area contributed by atoms with Crippen LogP contribution in [0.2, 0.25) is 0 Å². The van der Waals surface area contributed by atoms with Gasteiger partial charge in [-0.25, -0.2) is 0 Å². The van der Waals surface area contributed by atoms with E-state index in [0.717, 1.165) is 17.7 Å². The maximum Gasteiger partial charge on any atom is 0.416 e. The smallest absolute Gasteiger partial charge is 0.283 e. The lowest BCUT2D eigenvalue weighted by Crippen LogP contribution is -2.10. The molecular formula is C16H12F3NOS. The molecule has 0 radical (unpaired) electrons. The molecule has 3 rings (SSSR count). The Hall–Kier alpha value is -2.08. The fourth-order valence-corrected chi connectivity index (χ4v) is 3.92. The van der Waals surface area contributed by atoms with E-state index >= 15 is 0 Å². The topological polar surface area (TPSA) is 29.4 Å². The first-order chi connectivity index (χ1) is 10.4. The number of benzene rings is 2. The third kappa shape index (κ3) is 2.92. The van der Waals surface area contributed by atoms with Crippen LogP contribution in [0.15, 0.2) is 53.5 Å². The lowest BCUT2D eigenvalue weighted by Gasteiger charge is -2.21. The zero-order valence-corrected chi connectivity index (χ0v) is 12.2. The fourth-order valence-electron chi connectivity index (χ4n) is 2.23. The molecule has 22 heavy (non-hydrogen) atoms. The number of hydrogen-bond acceptors (Lipinski definition) is 2. The van der Waals surface area contributed by atoms with E-state index < -0.39 is 22.6 Å². The number of nitrogens with zero attached hydrogens (tertiary/aromatic N) is 1. The van der Waals surface area contributed by atoms with Crippen LogP contribution in [-0.2, 0) is 11.9 Å². The van der Waals surface area contributed by atoms with Gasteiger partial charge in [0.15, 0.2) is 0 Å². The molecule has 0 aromatic heterocycles. The van der Waals surface area contributed by atoms with Gasteiger partial charge in [0, 0.05) is 11.3 Å². The van der Waals surface area contributed by atoms with Gasteiger partial charge in [0.25, 0.3) is 0 Å². The van der Waals surface area contributed by atoms with Gasteiger partial charge in [-0.3, -0.25) is 9.79 Å². The summed E-state index contributed by atoms with van der Waals surface area (Å²) in [5.41, 5.74) is 2.12. The SMILES string of the molecule is O=C1c2ccc(C(F)(F)F)cc2N=C[SH]1Cc1ccccc1. The summed E-state index contributed by atoms with van der Waals surface area (Å²) in [4.78, 5) is 16.5. The van der Waals surface area contributed by atoms with Crippen LogP contribution in [-0.4, -0.2) is 10.7 Å². The Balaban J connectivity index is 1.88. The van der Waals surface area contributed by atoms with Crippen molar-refractivity contribution < 1.29 is 18.0 Å². The largest absolute Gasteiger partial charge is 0.416 e. The number of aliphatic imine (C=N–C) groups is 1. The van der Waals surface area contributed by atoms with Gasteiger partial charge in [-0.2, -0.15) is 13.2 Å². The van der Waals surface area contributed by atoms with E-state index in [9.17, 15) is 18.0 Å². The molecule has 2 aromatic carbocycles. The van der Waals surface area contributed by atoms with Crippen molar-refractivity contribution in [3.05, 3.63) is 65.2 Å². The molecule has 0 saturated carbocycles. The minimum Gasteiger partial charge on any atom is -0.283 e. The number of alkyl halides is 3. The summed E-state index contributed by atoms with van der Waals surface area (Å²) in [5.74, 6) is 0.555. The van der Waals surface area contributed by atoms with Crippen LogP contribution in [0.3, 0.4) is 0 Å². The van der Waals surface area contributed by atoms with Crippen LogP contribution in [0.1, 0.15) is 21.5 Å². The molecule has 114 valence electrons. The first-order valence-corrected chi connectivity index (χ1v) is 8.15. The van der Waals surface area contributed by atoms with Gasteiger partial charge in [-0.05, 0) is 23.8 Å². The molecule has 1 aliphatic heterocycles. The lowest BCUT2D eigenvalue weighted by atomic mass is 10.1. The van der Waals surface area contributed by atoms with Crippen molar-refractivity contribution >= 4 is 27.2 Å². The monoisotopic (exact) mass is 323 g/mol. The molecule has 0 spiro atoms. The second kappa shape index (κ2) is 5.61. The maximum atomic E-state index is 12.7. The Bertz CT molecular complexity index is 741. The van der Waals surface area contributed by atoms with Crippen molar-refractivity contribution in [3.63, 3.8) is 0 Å². The first kappa shape index (κ1) is 14.8. The minimum absolute atomic E-state index is 0.103. The Morgan fingerprint density at radius 2 is 1.77 bits per heavy atom. The molecule has 0 bridgehead atoms. The highest BCUT2D eigenvalue weighted by atomic mass is 32.2. The number of fused-ring (bicyclic) bond motifs is 1. The second-order valence-corrected chi connectivity index (χ2v) is 6.79. The zero-order valence-electron chi connectivity index (χ0n) is 11.3. The maximum absolute atomic E-state index is 12.7. The van der Waals surface area contributed by atoms with Crippen molar-refractivity contribution in [2.75, 3.05) is 0 Å². The highest BCUT2D eigenvalue weighted by molar-refractivity contribution is 8.39. The molecule has 0 fully saturated rings. The van der Waals surface area contributed by atoms with Crippen LogP contribution in [0.25, 0.3) is 0 Å². The average Bonchev–Trinajstić information content (AvgIpc) is 2.50. The molecule has 6 heteroatoms. The van der Waals surface area contributed by atoms with E-state index in [0.29, 0.717) is 5.75 Å². The van der Waals surface area contributed by atoms with Crippen LogP contribution in [0, 0.1) is 0 Å². The third-order valence-electron chi connectivity index (χ3n) is 3.35. The Morgan fingerprint density at radius 3 is 2.45 bits per heavy atom. The molecule has 0 aliphatic carbocycles. The van der Waals surface area contributed by atoms with Gasteiger partial charge in [0.05, 0.1) is 16.8 Å². The third-order valence-corrected chi connectivity index (χ3v) is 5.21. The van der Waals surface area contributed by atoms with Gasteiger partial charge >= 0.3 is 6.18 Å². The Morgan fingerprint density at radius 1 is 1.05 bits per heavy atom. The summed E-state index contributed by atoms with van der Waals surface area (Å²) in [6, 6.07) is 12.6. The summed E-state index contributed by atoms with van der Waals surface area (Å²) < 4.78 is 38.1. The predicted octanol–water partition coefficient (Wildman–Crippen LogP) is 4.72. The summed E-state index contributed by atoms with van der Waals surface area (Å²) in [5, 5.41) is -0.127. The Labute approximate surface area is 128 Å². The summed E-state index contributed by atoms with van der Waals surface area (Å²) in [6.07, 6.45) is -4.43. The number of rotatable bonds is 2. The molecule has 0 saturated heterocycles. The number of thiol groups is 1. The van der Waals surface area contributed by atoms with E-state index in [2.05, 4.69) is 4.99 Å². The zero-order chi connectivity index (χ0) is 15.7. The summed E-state index contributed by atoms with van der Waals surface area (Å²) in [6.45, 7) is 0. The predicted molar refractivity (Wildman–Crippen MR) is 83.1 cm³/mol. The van der Waals surface area contributed by atoms with E-state index in [1.807, 2.05) is 30.3 Å². The average molecular weight is 323 g/mol. The number of carbonyl (C=O) groups excluding carboxylic acids is 1. The molecule has 1 unspecified atom stereocenters. The molecule has 0 N–H and O–H groups in total. The van der Waals surface area contributed by atoms with Crippen molar-refractivity contribution in [1.29, 1.82) is 0 Å². The standard InChI is InChI=1S/C16H12F3NOS/c17-16(18,19)12-6-7-13-14(8-12)20-10-22(15(13)21)9-11-4-2-1-3-5-11/h1-8,10,22H,9H2. The van der Waals surface area contributed by atoms with Crippen molar-refractivity contribution in [2.24, 2.45) is 4.99 Å². The second-order valence-electron chi connectivity index (χ2n) is 4.89. The number of hydrogen-bond donors (Lipinski definition) is 1. The lowest BCUT2D eigenvalue weighted by molar-refractivity contribution is -0.137. The van der Waals surface area contributed by atoms with Crippen LogP contribution in [0.5, 0.6) is 0 Å². The molecule has 2 nitrogen and oxygen atoms in total. The normalized spacial score (nSPS) is 19.0. The van der Waals surface area contributed by atoms with Crippen molar-refractivity contribution in [1.82, 2.24) is 0 Å². The first-order valence-electron chi connectivity index (χ1n) is 6.55.